The number of benzene rings is 1. The Labute approximate surface area is 158 Å². The number of hydrogen-bond acceptors (Lipinski definition) is 5. The number of fused-ring (bicyclic) bond motifs is 1. The predicted molar refractivity (Wildman–Crippen MR) is 96.9 cm³/mol. The van der Waals surface area contributed by atoms with E-state index in [1.807, 2.05) is 0 Å². The van der Waals surface area contributed by atoms with Crippen molar-refractivity contribution >= 4 is 23.7 Å². The van der Waals surface area contributed by atoms with Crippen molar-refractivity contribution in [2.24, 2.45) is 5.92 Å². The van der Waals surface area contributed by atoms with E-state index in [4.69, 9.17) is 4.74 Å². The maximum atomic E-state index is 12.3. The van der Waals surface area contributed by atoms with Gasteiger partial charge in [-0.25, -0.2) is 0 Å². The van der Waals surface area contributed by atoms with Gasteiger partial charge in [-0.1, -0.05) is 31.9 Å². The highest BCUT2D eigenvalue weighted by Gasteiger charge is 2.37. The van der Waals surface area contributed by atoms with Crippen LogP contribution in [0.3, 0.4) is 0 Å². The molecule has 7 nitrogen and oxygen atoms in total. The monoisotopic (exact) mass is 372 g/mol. The molecule has 0 radical (unpaired) electrons. The number of carbonyl (C=O) groups is 4. The number of esters is 1. The van der Waals surface area contributed by atoms with Crippen LogP contribution in [0.25, 0.3) is 0 Å². The number of amides is 3. The SMILES string of the molecule is C[C@H](OC(=O)CN1C(=O)c2ccccc2C1=O)C(=O)N[C@@H]1CCCC[C@@H]1C. The Bertz CT molecular complexity index is 740. The van der Waals surface area contributed by atoms with Crippen LogP contribution < -0.4 is 5.32 Å². The standard InChI is InChI=1S/C20H24N2O5/c1-12-7-3-6-10-16(12)21-18(24)13(2)27-17(23)11-22-19(25)14-8-4-5-9-15(14)20(22)26/h4-5,8-9,12-13,16H,3,6-7,10-11H2,1-2H3,(H,21,24)/t12-,13-,16+/m0/s1. The third-order valence-corrected chi connectivity index (χ3v) is 5.28. The molecule has 3 amide bonds. The van der Waals surface area contributed by atoms with Crippen LogP contribution in [-0.2, 0) is 14.3 Å². The fraction of sp³-hybridized carbons (Fsp3) is 0.500. The third kappa shape index (κ3) is 4.02. The van der Waals surface area contributed by atoms with Gasteiger partial charge >= 0.3 is 5.97 Å². The maximum absolute atomic E-state index is 12.3. The molecule has 1 heterocycles. The molecule has 1 aromatic rings. The van der Waals surface area contributed by atoms with Crippen LogP contribution in [0.1, 0.15) is 60.2 Å². The Morgan fingerprint density at radius 2 is 1.74 bits per heavy atom. The number of carbonyl (C=O) groups excluding carboxylic acids is 4. The van der Waals surface area contributed by atoms with Crippen LogP contribution >= 0.6 is 0 Å². The Balaban J connectivity index is 1.54. The molecule has 1 N–H and O–H groups in total. The smallest absolute Gasteiger partial charge is 0.326 e. The van der Waals surface area contributed by atoms with Crippen molar-refractivity contribution in [3.05, 3.63) is 35.4 Å². The van der Waals surface area contributed by atoms with Gasteiger partial charge in [0.2, 0.25) is 0 Å². The summed E-state index contributed by atoms with van der Waals surface area (Å²) < 4.78 is 5.15. The molecule has 144 valence electrons. The van der Waals surface area contributed by atoms with Gasteiger partial charge in [0.1, 0.15) is 6.54 Å². The molecular weight excluding hydrogens is 348 g/mol. The van der Waals surface area contributed by atoms with Gasteiger partial charge in [-0.3, -0.25) is 24.1 Å². The number of rotatable bonds is 5. The molecule has 1 saturated carbocycles. The lowest BCUT2D eigenvalue weighted by atomic mass is 9.86. The quantitative estimate of drug-likeness (QED) is 0.630. The van der Waals surface area contributed by atoms with Crippen molar-refractivity contribution in [1.29, 1.82) is 0 Å². The topological polar surface area (TPSA) is 92.8 Å². The second-order valence-corrected chi connectivity index (χ2v) is 7.25. The zero-order chi connectivity index (χ0) is 19.6. The van der Waals surface area contributed by atoms with Gasteiger partial charge in [0.15, 0.2) is 6.10 Å². The van der Waals surface area contributed by atoms with Crippen LogP contribution in [-0.4, -0.2) is 47.3 Å². The first-order valence-electron chi connectivity index (χ1n) is 9.33. The summed E-state index contributed by atoms with van der Waals surface area (Å²) >= 11 is 0. The lowest BCUT2D eigenvalue weighted by Gasteiger charge is -2.30. The van der Waals surface area contributed by atoms with Crippen molar-refractivity contribution in [2.45, 2.75) is 51.7 Å². The molecule has 1 aliphatic heterocycles. The number of nitrogens with zero attached hydrogens (tertiary/aromatic N) is 1. The fourth-order valence-corrected chi connectivity index (χ4v) is 3.63. The molecule has 7 heteroatoms. The molecule has 1 fully saturated rings. The maximum Gasteiger partial charge on any atom is 0.326 e. The summed E-state index contributed by atoms with van der Waals surface area (Å²) in [5, 5.41) is 2.94. The van der Waals surface area contributed by atoms with Gasteiger partial charge in [0, 0.05) is 6.04 Å². The van der Waals surface area contributed by atoms with Gasteiger partial charge in [-0.15, -0.1) is 0 Å². The van der Waals surface area contributed by atoms with E-state index in [2.05, 4.69) is 12.2 Å². The molecule has 27 heavy (non-hydrogen) atoms. The van der Waals surface area contributed by atoms with Crippen molar-refractivity contribution in [3.8, 4) is 0 Å². The Morgan fingerprint density at radius 1 is 1.15 bits per heavy atom. The molecule has 0 unspecified atom stereocenters. The molecule has 0 spiro atoms. The van der Waals surface area contributed by atoms with E-state index in [0.717, 1.165) is 24.2 Å². The minimum absolute atomic E-state index is 0.0867. The average molecular weight is 372 g/mol. The normalized spacial score (nSPS) is 23.0. The molecular formula is C20H24N2O5. The lowest BCUT2D eigenvalue weighted by Crippen LogP contribution is -2.46. The van der Waals surface area contributed by atoms with Crippen LogP contribution in [0.5, 0.6) is 0 Å². The second-order valence-electron chi connectivity index (χ2n) is 7.25. The summed E-state index contributed by atoms with van der Waals surface area (Å²) in [6, 6.07) is 6.49. The number of nitrogens with one attached hydrogen (secondary N) is 1. The Morgan fingerprint density at radius 3 is 2.33 bits per heavy atom. The van der Waals surface area contributed by atoms with Gasteiger partial charge in [0.25, 0.3) is 17.7 Å². The van der Waals surface area contributed by atoms with E-state index < -0.39 is 30.4 Å². The first kappa shape index (κ1) is 19.1. The van der Waals surface area contributed by atoms with E-state index in [1.54, 1.807) is 24.3 Å². The molecule has 2 aliphatic rings. The predicted octanol–water partition coefficient (Wildman–Crippen LogP) is 1.91. The van der Waals surface area contributed by atoms with Crippen LogP contribution in [0.2, 0.25) is 0 Å². The number of ether oxygens (including phenoxy) is 1. The van der Waals surface area contributed by atoms with Gasteiger partial charge in [0.05, 0.1) is 11.1 Å². The van der Waals surface area contributed by atoms with Crippen molar-refractivity contribution < 1.29 is 23.9 Å². The van der Waals surface area contributed by atoms with E-state index in [0.29, 0.717) is 5.92 Å². The van der Waals surface area contributed by atoms with Gasteiger partial charge < -0.3 is 10.1 Å². The van der Waals surface area contributed by atoms with Crippen LogP contribution in [0.15, 0.2) is 24.3 Å². The molecule has 0 bridgehead atoms. The Hall–Kier alpha value is -2.70. The minimum Gasteiger partial charge on any atom is -0.451 e. The lowest BCUT2D eigenvalue weighted by molar-refractivity contribution is -0.155. The summed E-state index contributed by atoms with van der Waals surface area (Å²) in [5.74, 6) is -1.81. The van der Waals surface area contributed by atoms with Crippen LogP contribution in [0.4, 0.5) is 0 Å². The first-order valence-corrected chi connectivity index (χ1v) is 9.33. The van der Waals surface area contributed by atoms with E-state index in [1.165, 1.54) is 13.3 Å². The van der Waals surface area contributed by atoms with E-state index >= 15 is 0 Å². The summed E-state index contributed by atoms with van der Waals surface area (Å²) in [6.07, 6.45) is 3.24. The summed E-state index contributed by atoms with van der Waals surface area (Å²) in [4.78, 5) is 49.9. The third-order valence-electron chi connectivity index (χ3n) is 5.28. The zero-order valence-electron chi connectivity index (χ0n) is 15.6. The summed E-state index contributed by atoms with van der Waals surface area (Å²) in [7, 11) is 0. The summed E-state index contributed by atoms with van der Waals surface area (Å²) in [5.41, 5.74) is 0.541. The second kappa shape index (κ2) is 7.90. The van der Waals surface area contributed by atoms with Crippen molar-refractivity contribution in [3.63, 3.8) is 0 Å². The minimum atomic E-state index is -0.984. The summed E-state index contributed by atoms with van der Waals surface area (Å²) in [6.45, 7) is 3.08. The highest BCUT2D eigenvalue weighted by Crippen LogP contribution is 2.24. The first-order chi connectivity index (χ1) is 12.9. The molecule has 3 rings (SSSR count). The fourth-order valence-electron chi connectivity index (χ4n) is 3.63. The molecule has 0 aromatic heterocycles. The number of imide groups is 1. The zero-order valence-corrected chi connectivity index (χ0v) is 15.6. The number of hydrogen-bond donors (Lipinski definition) is 1. The van der Waals surface area contributed by atoms with E-state index in [9.17, 15) is 19.2 Å². The van der Waals surface area contributed by atoms with Crippen molar-refractivity contribution in [1.82, 2.24) is 10.2 Å². The molecule has 0 saturated heterocycles. The molecule has 3 atom stereocenters. The largest absolute Gasteiger partial charge is 0.451 e. The highest BCUT2D eigenvalue weighted by molar-refractivity contribution is 6.22. The average Bonchev–Trinajstić information content (AvgIpc) is 2.89. The van der Waals surface area contributed by atoms with Gasteiger partial charge in [-0.05, 0) is 37.8 Å². The van der Waals surface area contributed by atoms with Gasteiger partial charge in [-0.2, -0.15) is 0 Å². The highest BCUT2D eigenvalue weighted by atomic mass is 16.5. The van der Waals surface area contributed by atoms with E-state index in [-0.39, 0.29) is 23.1 Å². The Kier molecular flexibility index (Phi) is 5.58. The molecule has 1 aliphatic carbocycles. The van der Waals surface area contributed by atoms with Crippen LogP contribution in [0, 0.1) is 5.92 Å². The van der Waals surface area contributed by atoms with Crippen molar-refractivity contribution in [2.75, 3.05) is 6.54 Å². The molecule has 1 aromatic carbocycles.